The van der Waals surface area contributed by atoms with Gasteiger partial charge in [0.1, 0.15) is 0 Å². The molecule has 7 nitrogen and oxygen atoms in total. The van der Waals surface area contributed by atoms with Crippen molar-refractivity contribution in [1.29, 1.82) is 0 Å². The van der Waals surface area contributed by atoms with E-state index in [1.54, 1.807) is 0 Å². The van der Waals surface area contributed by atoms with E-state index in [4.69, 9.17) is 11.5 Å². The molecule has 0 unspecified atom stereocenters. The minimum absolute atomic E-state index is 0.153. The third-order valence-corrected chi connectivity index (χ3v) is 2.23. The Labute approximate surface area is 80.9 Å². The highest BCUT2D eigenvalue weighted by Gasteiger charge is 2.20. The molecule has 1 saturated heterocycles. The number of anilines is 3. The molecule has 1 aromatic rings. The van der Waals surface area contributed by atoms with Crippen LogP contribution in [-0.4, -0.2) is 23.1 Å². The van der Waals surface area contributed by atoms with Crippen LogP contribution >= 0.6 is 0 Å². The van der Waals surface area contributed by atoms with Crippen molar-refractivity contribution in [2.24, 2.45) is 0 Å². The first-order chi connectivity index (χ1) is 6.68. The third kappa shape index (κ3) is 1.36. The predicted octanol–water partition coefficient (Wildman–Crippen LogP) is -1.13. The molecule has 76 valence electrons. The van der Waals surface area contributed by atoms with E-state index < -0.39 is 0 Å². The van der Waals surface area contributed by atoms with E-state index in [-0.39, 0.29) is 11.9 Å². The Hall–Kier alpha value is -1.79. The monoisotopic (exact) mass is 196 g/mol. The van der Waals surface area contributed by atoms with Crippen LogP contribution in [0, 0.1) is 5.21 Å². The van der Waals surface area contributed by atoms with Gasteiger partial charge in [-0.15, -0.1) is 0 Å². The van der Waals surface area contributed by atoms with Crippen LogP contribution in [0.4, 0.5) is 17.8 Å². The van der Waals surface area contributed by atoms with Gasteiger partial charge in [0.15, 0.2) is 0 Å². The van der Waals surface area contributed by atoms with E-state index in [2.05, 4.69) is 9.97 Å². The van der Waals surface area contributed by atoms with Crippen LogP contribution in [0.3, 0.4) is 0 Å². The molecule has 0 atom stereocenters. The molecule has 1 fully saturated rings. The number of aromatic nitrogens is 3. The van der Waals surface area contributed by atoms with Crippen LogP contribution in [0.2, 0.25) is 0 Å². The van der Waals surface area contributed by atoms with Crippen molar-refractivity contribution in [3.05, 3.63) is 5.21 Å². The fourth-order valence-corrected chi connectivity index (χ4v) is 1.50. The van der Waals surface area contributed by atoms with Crippen molar-refractivity contribution in [3.63, 3.8) is 0 Å². The summed E-state index contributed by atoms with van der Waals surface area (Å²) in [6.45, 7) is 1.78. The summed E-state index contributed by atoms with van der Waals surface area (Å²) in [5.41, 5.74) is 10.8. The third-order valence-electron chi connectivity index (χ3n) is 2.23. The standard InChI is InChI=1S/C7H12N6O/c8-5-10-7(11-6(9)13(5)14)12-3-1-2-4-12/h1-4H2,(H4,8,9,10,11). The maximum atomic E-state index is 11.1. The molecule has 0 aliphatic carbocycles. The smallest absolute Gasteiger partial charge is 0.322 e. The van der Waals surface area contributed by atoms with Gasteiger partial charge in [0, 0.05) is 13.1 Å². The number of nitrogens with zero attached hydrogens (tertiary/aromatic N) is 4. The zero-order valence-corrected chi connectivity index (χ0v) is 7.68. The van der Waals surface area contributed by atoms with Crippen LogP contribution in [0.5, 0.6) is 0 Å². The molecule has 0 spiro atoms. The summed E-state index contributed by atoms with van der Waals surface area (Å²) in [6, 6.07) is 0. The molecule has 7 heteroatoms. The molecular formula is C7H12N6O. The van der Waals surface area contributed by atoms with Crippen molar-refractivity contribution in [1.82, 2.24) is 9.97 Å². The fraction of sp³-hybridized carbons (Fsp3) is 0.571. The Morgan fingerprint density at radius 1 is 1.14 bits per heavy atom. The van der Waals surface area contributed by atoms with Crippen LogP contribution in [-0.2, 0) is 0 Å². The van der Waals surface area contributed by atoms with E-state index in [0.29, 0.717) is 10.7 Å². The predicted molar refractivity (Wildman–Crippen MR) is 51.3 cm³/mol. The zero-order chi connectivity index (χ0) is 10.1. The summed E-state index contributed by atoms with van der Waals surface area (Å²) in [6.07, 6.45) is 2.21. The summed E-state index contributed by atoms with van der Waals surface area (Å²) in [5.74, 6) is 0.142. The molecule has 1 aromatic heterocycles. The molecule has 1 aliphatic rings. The van der Waals surface area contributed by atoms with Gasteiger partial charge in [0.2, 0.25) is 0 Å². The summed E-state index contributed by atoms with van der Waals surface area (Å²) in [4.78, 5) is 9.72. The first-order valence-corrected chi connectivity index (χ1v) is 4.46. The van der Waals surface area contributed by atoms with E-state index in [1.165, 1.54) is 0 Å². The van der Waals surface area contributed by atoms with Gasteiger partial charge in [-0.25, -0.2) is 4.73 Å². The van der Waals surface area contributed by atoms with Gasteiger partial charge in [0.05, 0.1) is 0 Å². The molecule has 0 amide bonds. The molecule has 0 aromatic carbocycles. The van der Waals surface area contributed by atoms with Crippen molar-refractivity contribution in [2.75, 3.05) is 29.5 Å². The van der Waals surface area contributed by atoms with E-state index >= 15 is 0 Å². The van der Waals surface area contributed by atoms with Crippen LogP contribution < -0.4 is 21.1 Å². The molecule has 0 saturated carbocycles. The molecule has 2 rings (SSSR count). The second kappa shape index (κ2) is 3.17. The second-order valence-electron chi connectivity index (χ2n) is 3.23. The van der Waals surface area contributed by atoms with Gasteiger partial charge < -0.3 is 21.6 Å². The average Bonchev–Trinajstić information content (AvgIpc) is 2.66. The first kappa shape index (κ1) is 8.79. The van der Waals surface area contributed by atoms with Gasteiger partial charge in [-0.05, 0) is 12.8 Å². The summed E-state index contributed by atoms with van der Waals surface area (Å²) >= 11 is 0. The molecule has 2 heterocycles. The molecule has 4 N–H and O–H groups in total. The lowest BCUT2D eigenvalue weighted by Gasteiger charge is -2.14. The zero-order valence-electron chi connectivity index (χ0n) is 7.68. The normalized spacial score (nSPS) is 16.1. The van der Waals surface area contributed by atoms with Crippen LogP contribution in [0.1, 0.15) is 12.8 Å². The molecular weight excluding hydrogens is 184 g/mol. The quantitative estimate of drug-likeness (QED) is 0.435. The Kier molecular flexibility index (Phi) is 1.99. The molecule has 0 bridgehead atoms. The first-order valence-electron chi connectivity index (χ1n) is 4.46. The topological polar surface area (TPSA) is 108 Å². The lowest BCUT2D eigenvalue weighted by atomic mass is 10.4. The Morgan fingerprint density at radius 3 is 2.14 bits per heavy atom. The van der Waals surface area contributed by atoms with Crippen LogP contribution in [0.25, 0.3) is 0 Å². The number of rotatable bonds is 1. The average molecular weight is 196 g/mol. The Balaban J connectivity index is 2.34. The largest absolute Gasteiger partial charge is 0.762 e. The summed E-state index contributed by atoms with van der Waals surface area (Å²) < 4.78 is 0.319. The maximum absolute atomic E-state index is 11.1. The van der Waals surface area contributed by atoms with Gasteiger partial charge in [-0.2, -0.15) is 0 Å². The van der Waals surface area contributed by atoms with Crippen molar-refractivity contribution in [2.45, 2.75) is 12.8 Å². The highest BCUT2D eigenvalue weighted by Crippen LogP contribution is 2.15. The van der Waals surface area contributed by atoms with Gasteiger partial charge in [0.25, 0.3) is 0 Å². The molecule has 0 radical (unpaired) electrons. The van der Waals surface area contributed by atoms with Gasteiger partial charge in [-0.1, -0.05) is 9.97 Å². The van der Waals surface area contributed by atoms with E-state index in [1.807, 2.05) is 4.90 Å². The molecule has 14 heavy (non-hydrogen) atoms. The Bertz CT molecular complexity index is 325. The molecule has 1 aliphatic heterocycles. The lowest BCUT2D eigenvalue weighted by molar-refractivity contribution is -0.579. The van der Waals surface area contributed by atoms with Gasteiger partial charge >= 0.3 is 17.8 Å². The van der Waals surface area contributed by atoms with Crippen molar-refractivity contribution in [3.8, 4) is 0 Å². The SMILES string of the molecule is Nc1nc(N2CCCC2)nc(N)[n+]1[O-]. The van der Waals surface area contributed by atoms with Crippen molar-refractivity contribution >= 4 is 17.8 Å². The highest BCUT2D eigenvalue weighted by molar-refractivity contribution is 5.36. The van der Waals surface area contributed by atoms with E-state index in [9.17, 15) is 5.21 Å². The summed E-state index contributed by atoms with van der Waals surface area (Å²) in [5, 5.41) is 11.1. The number of hydrogen-bond acceptors (Lipinski definition) is 6. The second-order valence-corrected chi connectivity index (χ2v) is 3.23. The minimum Gasteiger partial charge on any atom is -0.762 e. The minimum atomic E-state index is -0.153. The van der Waals surface area contributed by atoms with Crippen LogP contribution in [0.15, 0.2) is 0 Å². The summed E-state index contributed by atoms with van der Waals surface area (Å²) in [7, 11) is 0. The number of hydrogen-bond donors (Lipinski definition) is 2. The Morgan fingerprint density at radius 2 is 1.64 bits per heavy atom. The lowest BCUT2D eigenvalue weighted by Crippen LogP contribution is -2.38. The maximum Gasteiger partial charge on any atom is 0.322 e. The van der Waals surface area contributed by atoms with Crippen molar-refractivity contribution < 1.29 is 4.73 Å². The highest BCUT2D eigenvalue weighted by atomic mass is 16.5. The fourth-order valence-electron chi connectivity index (χ4n) is 1.50. The number of nitrogens with two attached hydrogens (primary N) is 2. The number of nitrogen functional groups attached to an aromatic ring is 2. The van der Waals surface area contributed by atoms with Gasteiger partial charge in [-0.3, -0.25) is 0 Å². The van der Waals surface area contributed by atoms with E-state index in [0.717, 1.165) is 25.9 Å².